The van der Waals surface area contributed by atoms with E-state index in [0.29, 0.717) is 12.5 Å². The Morgan fingerprint density at radius 1 is 1.04 bits per heavy atom. The summed E-state index contributed by atoms with van der Waals surface area (Å²) in [5.74, 6) is 2.66. The molecule has 1 aliphatic rings. The van der Waals surface area contributed by atoms with Gasteiger partial charge in [0.25, 0.3) is 0 Å². The minimum Gasteiger partial charge on any atom is -0.494 e. The molecule has 0 spiro atoms. The number of hydrogen-bond donors (Lipinski definition) is 0. The molecule has 3 rings (SSSR count). The van der Waals surface area contributed by atoms with Gasteiger partial charge in [0.15, 0.2) is 11.5 Å². The quantitative estimate of drug-likeness (QED) is 0.709. The Morgan fingerprint density at radius 3 is 2.54 bits per heavy atom. The third kappa shape index (κ3) is 4.88. The van der Waals surface area contributed by atoms with Crippen molar-refractivity contribution in [3.8, 4) is 17.2 Å². The van der Waals surface area contributed by atoms with Crippen molar-refractivity contribution < 1.29 is 18.6 Å². The van der Waals surface area contributed by atoms with Crippen LogP contribution in [0.5, 0.6) is 17.2 Å². The highest BCUT2D eigenvalue weighted by Crippen LogP contribution is 2.29. The number of methoxy groups -OCH3 is 2. The van der Waals surface area contributed by atoms with Gasteiger partial charge >= 0.3 is 0 Å². The van der Waals surface area contributed by atoms with E-state index in [-0.39, 0.29) is 5.82 Å². The molecule has 140 valence electrons. The molecule has 2 aromatic carbocycles. The lowest BCUT2D eigenvalue weighted by atomic mass is 10.1. The van der Waals surface area contributed by atoms with E-state index in [4.69, 9.17) is 14.2 Å². The van der Waals surface area contributed by atoms with E-state index in [0.717, 1.165) is 43.3 Å². The highest BCUT2D eigenvalue weighted by molar-refractivity contribution is 5.42. The maximum Gasteiger partial charge on any atom is 0.161 e. The number of hydrogen-bond acceptors (Lipinski definition) is 4. The number of ether oxygens (including phenoxy) is 3. The van der Waals surface area contributed by atoms with Crippen LogP contribution in [0.4, 0.5) is 4.39 Å². The largest absolute Gasteiger partial charge is 0.494 e. The predicted molar refractivity (Wildman–Crippen MR) is 99.4 cm³/mol. The molecule has 2 aromatic rings. The number of benzene rings is 2. The Kier molecular flexibility index (Phi) is 6.34. The Hall–Kier alpha value is -2.27. The average molecular weight is 359 g/mol. The Morgan fingerprint density at radius 2 is 1.81 bits per heavy atom. The fourth-order valence-electron chi connectivity index (χ4n) is 3.40. The molecule has 0 bridgehead atoms. The van der Waals surface area contributed by atoms with Crippen LogP contribution in [0.25, 0.3) is 0 Å². The van der Waals surface area contributed by atoms with Gasteiger partial charge in [-0.25, -0.2) is 4.39 Å². The van der Waals surface area contributed by atoms with Gasteiger partial charge in [-0.2, -0.15) is 0 Å². The number of rotatable bonds is 8. The first kappa shape index (κ1) is 18.5. The lowest BCUT2D eigenvalue weighted by Crippen LogP contribution is -2.20. The van der Waals surface area contributed by atoms with E-state index in [2.05, 4.69) is 11.0 Å². The van der Waals surface area contributed by atoms with Gasteiger partial charge in [0.05, 0.1) is 20.8 Å². The first-order chi connectivity index (χ1) is 12.7. The maximum absolute atomic E-state index is 12.9. The van der Waals surface area contributed by atoms with E-state index in [1.807, 2.05) is 12.1 Å². The minimum absolute atomic E-state index is 0.237. The second-order valence-electron chi connectivity index (χ2n) is 6.67. The van der Waals surface area contributed by atoms with Crippen LogP contribution in [0, 0.1) is 11.7 Å². The van der Waals surface area contributed by atoms with Gasteiger partial charge in [0.2, 0.25) is 0 Å². The van der Waals surface area contributed by atoms with Crippen LogP contribution in [-0.2, 0) is 6.54 Å². The van der Waals surface area contributed by atoms with Crippen LogP contribution >= 0.6 is 0 Å². The zero-order chi connectivity index (χ0) is 18.4. The van der Waals surface area contributed by atoms with Crippen LogP contribution in [0.2, 0.25) is 0 Å². The van der Waals surface area contributed by atoms with Crippen LogP contribution in [0.1, 0.15) is 18.4 Å². The standard InChI is InChI=1S/C21H26FNO3/c1-24-20-8-3-17(13-21(20)25-2)15-23-11-9-16(14-23)10-12-26-19-6-4-18(22)5-7-19/h3-8,13,16H,9-12,14-15H2,1-2H3. The van der Waals surface area contributed by atoms with E-state index in [1.165, 1.54) is 24.1 Å². The molecule has 1 aliphatic heterocycles. The molecule has 4 nitrogen and oxygen atoms in total. The first-order valence-corrected chi connectivity index (χ1v) is 8.99. The molecule has 0 saturated carbocycles. The molecular formula is C21H26FNO3. The highest BCUT2D eigenvalue weighted by atomic mass is 19.1. The molecule has 1 atom stereocenters. The van der Waals surface area contributed by atoms with Gasteiger partial charge in [-0.1, -0.05) is 6.07 Å². The summed E-state index contributed by atoms with van der Waals surface area (Å²) >= 11 is 0. The zero-order valence-electron chi connectivity index (χ0n) is 15.4. The van der Waals surface area contributed by atoms with Crippen molar-refractivity contribution in [2.24, 2.45) is 5.92 Å². The fraction of sp³-hybridized carbons (Fsp3) is 0.429. The van der Waals surface area contributed by atoms with E-state index >= 15 is 0 Å². The summed E-state index contributed by atoms with van der Waals surface area (Å²) in [4.78, 5) is 2.46. The molecule has 0 aliphatic carbocycles. The molecule has 1 saturated heterocycles. The minimum atomic E-state index is -0.237. The van der Waals surface area contributed by atoms with Crippen molar-refractivity contribution in [2.75, 3.05) is 33.9 Å². The molecule has 26 heavy (non-hydrogen) atoms. The summed E-state index contributed by atoms with van der Waals surface area (Å²) in [5.41, 5.74) is 1.23. The SMILES string of the molecule is COc1ccc(CN2CCC(CCOc3ccc(F)cc3)C2)cc1OC. The van der Waals surface area contributed by atoms with Crippen LogP contribution in [0.15, 0.2) is 42.5 Å². The van der Waals surface area contributed by atoms with Crippen LogP contribution < -0.4 is 14.2 Å². The summed E-state index contributed by atoms with van der Waals surface area (Å²) in [6.45, 7) is 3.74. The summed E-state index contributed by atoms with van der Waals surface area (Å²) < 4.78 is 29.3. The van der Waals surface area contributed by atoms with Gasteiger partial charge < -0.3 is 14.2 Å². The smallest absolute Gasteiger partial charge is 0.161 e. The van der Waals surface area contributed by atoms with Crippen molar-refractivity contribution in [3.63, 3.8) is 0 Å². The van der Waals surface area contributed by atoms with E-state index in [9.17, 15) is 4.39 Å². The fourth-order valence-corrected chi connectivity index (χ4v) is 3.40. The molecule has 5 heteroatoms. The normalized spacial score (nSPS) is 17.3. The Labute approximate surface area is 154 Å². The lowest BCUT2D eigenvalue weighted by molar-refractivity contribution is 0.265. The van der Waals surface area contributed by atoms with Crippen molar-refractivity contribution >= 4 is 0 Å². The van der Waals surface area contributed by atoms with E-state index in [1.54, 1.807) is 26.4 Å². The van der Waals surface area contributed by atoms with Gasteiger partial charge in [-0.3, -0.25) is 4.90 Å². The highest BCUT2D eigenvalue weighted by Gasteiger charge is 2.22. The number of likely N-dealkylation sites (tertiary alicyclic amines) is 1. The molecule has 0 amide bonds. The zero-order valence-corrected chi connectivity index (χ0v) is 15.4. The molecule has 0 aromatic heterocycles. The summed E-state index contributed by atoms with van der Waals surface area (Å²) in [6, 6.07) is 12.3. The van der Waals surface area contributed by atoms with Gasteiger partial charge in [0, 0.05) is 13.1 Å². The molecule has 1 fully saturated rings. The molecule has 1 unspecified atom stereocenters. The second-order valence-corrected chi connectivity index (χ2v) is 6.67. The van der Waals surface area contributed by atoms with Crippen molar-refractivity contribution in [3.05, 3.63) is 53.8 Å². The van der Waals surface area contributed by atoms with Crippen molar-refractivity contribution in [1.82, 2.24) is 4.90 Å². The Bertz CT molecular complexity index is 705. The number of halogens is 1. The summed E-state index contributed by atoms with van der Waals surface area (Å²) in [7, 11) is 3.31. The van der Waals surface area contributed by atoms with Crippen molar-refractivity contribution in [2.45, 2.75) is 19.4 Å². The van der Waals surface area contributed by atoms with Crippen LogP contribution in [-0.4, -0.2) is 38.8 Å². The lowest BCUT2D eigenvalue weighted by Gasteiger charge is -2.17. The molecule has 0 N–H and O–H groups in total. The predicted octanol–water partition coefficient (Wildman–Crippen LogP) is 4.13. The summed E-state index contributed by atoms with van der Waals surface area (Å²) in [6.07, 6.45) is 2.19. The molecular weight excluding hydrogens is 333 g/mol. The van der Waals surface area contributed by atoms with Crippen molar-refractivity contribution in [1.29, 1.82) is 0 Å². The van der Waals surface area contributed by atoms with Gasteiger partial charge in [-0.05, 0) is 67.3 Å². The van der Waals surface area contributed by atoms with Gasteiger partial charge in [0.1, 0.15) is 11.6 Å². The molecule has 0 radical (unpaired) electrons. The first-order valence-electron chi connectivity index (χ1n) is 8.99. The summed E-state index contributed by atoms with van der Waals surface area (Å²) in [5, 5.41) is 0. The van der Waals surface area contributed by atoms with Crippen LogP contribution in [0.3, 0.4) is 0 Å². The molecule has 1 heterocycles. The monoisotopic (exact) mass is 359 g/mol. The third-order valence-electron chi connectivity index (χ3n) is 4.83. The topological polar surface area (TPSA) is 30.9 Å². The Balaban J connectivity index is 1.44. The van der Waals surface area contributed by atoms with Gasteiger partial charge in [-0.15, -0.1) is 0 Å². The second kappa shape index (κ2) is 8.90. The maximum atomic E-state index is 12.9. The number of nitrogens with zero attached hydrogens (tertiary/aromatic N) is 1. The van der Waals surface area contributed by atoms with E-state index < -0.39 is 0 Å². The average Bonchev–Trinajstić information content (AvgIpc) is 3.10. The third-order valence-corrected chi connectivity index (χ3v) is 4.83.